The molecule has 0 bridgehead atoms. The van der Waals surface area contributed by atoms with E-state index >= 15 is 0 Å². The van der Waals surface area contributed by atoms with Crippen LogP contribution in [0.15, 0.2) is 10.6 Å². The molecule has 1 unspecified atom stereocenters. The third-order valence-electron chi connectivity index (χ3n) is 4.66. The number of aliphatic hydroxyl groups excluding tert-OH is 1. The molecule has 1 aliphatic rings. The summed E-state index contributed by atoms with van der Waals surface area (Å²) in [6.45, 7) is 7.42. The Labute approximate surface area is 122 Å². The van der Waals surface area contributed by atoms with Crippen LogP contribution in [0.3, 0.4) is 0 Å². The van der Waals surface area contributed by atoms with Crippen molar-refractivity contribution < 1.29 is 9.52 Å². The first-order valence-corrected chi connectivity index (χ1v) is 7.89. The van der Waals surface area contributed by atoms with Crippen LogP contribution >= 0.6 is 0 Å². The van der Waals surface area contributed by atoms with Crippen LogP contribution < -0.4 is 5.32 Å². The van der Waals surface area contributed by atoms with E-state index in [1.807, 2.05) is 0 Å². The summed E-state index contributed by atoms with van der Waals surface area (Å²) in [4.78, 5) is 4.30. The van der Waals surface area contributed by atoms with Crippen molar-refractivity contribution >= 4 is 0 Å². The summed E-state index contributed by atoms with van der Waals surface area (Å²) < 4.78 is 5.66. The number of rotatable bonds is 7. The van der Waals surface area contributed by atoms with Gasteiger partial charge >= 0.3 is 0 Å². The fourth-order valence-corrected chi connectivity index (χ4v) is 3.60. The Kier molecular flexibility index (Phi) is 5.22. The Balaban J connectivity index is 2.02. The highest BCUT2D eigenvalue weighted by atomic mass is 16.4. The van der Waals surface area contributed by atoms with Gasteiger partial charge in [0.1, 0.15) is 5.76 Å². The van der Waals surface area contributed by atoms with Crippen LogP contribution in [-0.2, 0) is 13.0 Å². The molecule has 0 aliphatic heterocycles. The minimum Gasteiger partial charge on any atom is -0.444 e. The zero-order valence-electron chi connectivity index (χ0n) is 13.0. The maximum Gasteiger partial charge on any atom is 0.208 e. The molecule has 114 valence electrons. The third-order valence-corrected chi connectivity index (χ3v) is 4.66. The van der Waals surface area contributed by atoms with E-state index < -0.39 is 0 Å². The Hall–Kier alpha value is -0.870. The summed E-state index contributed by atoms with van der Waals surface area (Å²) in [5.41, 5.74) is 0.0361. The second-order valence-electron chi connectivity index (χ2n) is 6.40. The molecule has 1 atom stereocenters. The summed E-state index contributed by atoms with van der Waals surface area (Å²) >= 11 is 0. The Morgan fingerprint density at radius 1 is 1.40 bits per heavy atom. The van der Waals surface area contributed by atoms with Gasteiger partial charge in [-0.2, -0.15) is 0 Å². The van der Waals surface area contributed by atoms with Gasteiger partial charge in [0, 0.05) is 17.9 Å². The van der Waals surface area contributed by atoms with E-state index in [-0.39, 0.29) is 12.0 Å². The maximum absolute atomic E-state index is 9.90. The van der Waals surface area contributed by atoms with Crippen LogP contribution in [-0.4, -0.2) is 22.7 Å². The number of oxazole rings is 1. The van der Waals surface area contributed by atoms with Crippen LogP contribution in [0.4, 0.5) is 0 Å². The van der Waals surface area contributed by atoms with E-state index in [2.05, 4.69) is 31.1 Å². The molecular weight excluding hydrogens is 252 g/mol. The van der Waals surface area contributed by atoms with Gasteiger partial charge in [-0.25, -0.2) is 4.98 Å². The van der Waals surface area contributed by atoms with Gasteiger partial charge in [-0.05, 0) is 18.8 Å². The highest BCUT2D eigenvalue weighted by molar-refractivity contribution is 4.98. The van der Waals surface area contributed by atoms with Gasteiger partial charge in [-0.15, -0.1) is 0 Å². The highest BCUT2D eigenvalue weighted by Gasteiger charge is 2.42. The van der Waals surface area contributed by atoms with E-state index in [0.29, 0.717) is 18.5 Å². The van der Waals surface area contributed by atoms with Crippen molar-refractivity contribution in [2.75, 3.05) is 6.61 Å². The molecule has 1 saturated carbocycles. The second kappa shape index (κ2) is 6.72. The quantitative estimate of drug-likeness (QED) is 0.806. The number of aryl methyl sites for hydroxylation is 1. The van der Waals surface area contributed by atoms with Crippen LogP contribution in [0, 0.1) is 11.3 Å². The molecule has 1 aromatic rings. The van der Waals surface area contributed by atoms with E-state index in [4.69, 9.17) is 4.42 Å². The first-order valence-electron chi connectivity index (χ1n) is 7.89. The molecular formula is C16H28N2O2. The summed E-state index contributed by atoms with van der Waals surface area (Å²) in [5, 5.41) is 13.5. The average Bonchev–Trinajstić information content (AvgIpc) is 3.08. The lowest BCUT2D eigenvalue weighted by atomic mass is 9.74. The molecule has 4 nitrogen and oxygen atoms in total. The molecule has 0 spiro atoms. The zero-order valence-corrected chi connectivity index (χ0v) is 13.0. The van der Waals surface area contributed by atoms with Crippen LogP contribution in [0.25, 0.3) is 0 Å². The van der Waals surface area contributed by atoms with Gasteiger partial charge in [-0.3, -0.25) is 0 Å². The van der Waals surface area contributed by atoms with Crippen LogP contribution in [0.2, 0.25) is 0 Å². The lowest BCUT2D eigenvalue weighted by Gasteiger charge is -2.39. The minimum absolute atomic E-state index is 0.0361. The molecule has 1 aromatic heterocycles. The molecule has 0 aromatic carbocycles. The van der Waals surface area contributed by atoms with Gasteiger partial charge in [0.15, 0.2) is 0 Å². The van der Waals surface area contributed by atoms with Crippen molar-refractivity contribution in [3.05, 3.63) is 17.8 Å². The van der Waals surface area contributed by atoms with Gasteiger partial charge in [0.05, 0.1) is 19.3 Å². The fraction of sp³-hybridized carbons (Fsp3) is 0.812. The van der Waals surface area contributed by atoms with Crippen molar-refractivity contribution in [3.8, 4) is 0 Å². The predicted molar refractivity (Wildman–Crippen MR) is 79.3 cm³/mol. The number of nitrogens with one attached hydrogen (secondary N) is 1. The lowest BCUT2D eigenvalue weighted by Crippen LogP contribution is -2.49. The van der Waals surface area contributed by atoms with Crippen molar-refractivity contribution in [3.63, 3.8) is 0 Å². The molecule has 2 N–H and O–H groups in total. The number of hydrogen-bond donors (Lipinski definition) is 2. The molecule has 20 heavy (non-hydrogen) atoms. The zero-order chi connectivity index (χ0) is 14.6. The van der Waals surface area contributed by atoms with Crippen molar-refractivity contribution in [1.82, 2.24) is 10.3 Å². The molecule has 0 amide bonds. The molecule has 1 heterocycles. The number of aliphatic hydroxyl groups is 1. The summed E-state index contributed by atoms with van der Waals surface area (Å²) in [7, 11) is 0. The Morgan fingerprint density at radius 3 is 2.60 bits per heavy atom. The monoisotopic (exact) mass is 280 g/mol. The normalized spacial score (nSPS) is 19.6. The molecule has 2 rings (SSSR count). The van der Waals surface area contributed by atoms with E-state index in [1.165, 1.54) is 12.8 Å². The molecule has 0 radical (unpaired) electrons. The predicted octanol–water partition coefficient (Wildman–Crippen LogP) is 2.90. The fourth-order valence-electron chi connectivity index (χ4n) is 3.60. The number of hydrogen-bond acceptors (Lipinski definition) is 4. The number of aromatic nitrogens is 1. The summed E-state index contributed by atoms with van der Waals surface area (Å²) in [6, 6.07) is 0.312. The van der Waals surface area contributed by atoms with Crippen molar-refractivity contribution in [2.24, 2.45) is 11.3 Å². The van der Waals surface area contributed by atoms with E-state index in [9.17, 15) is 5.11 Å². The highest BCUT2D eigenvalue weighted by Crippen LogP contribution is 2.43. The Morgan fingerprint density at radius 2 is 2.10 bits per heavy atom. The Bertz CT molecular complexity index is 408. The van der Waals surface area contributed by atoms with Crippen LogP contribution in [0.5, 0.6) is 0 Å². The van der Waals surface area contributed by atoms with Gasteiger partial charge < -0.3 is 14.8 Å². The van der Waals surface area contributed by atoms with Crippen LogP contribution in [0.1, 0.15) is 58.1 Å². The largest absolute Gasteiger partial charge is 0.444 e. The topological polar surface area (TPSA) is 58.3 Å². The summed E-state index contributed by atoms with van der Waals surface area (Å²) in [5.74, 6) is 2.17. The van der Waals surface area contributed by atoms with Crippen molar-refractivity contribution in [1.29, 1.82) is 0 Å². The van der Waals surface area contributed by atoms with E-state index in [0.717, 1.165) is 30.9 Å². The average molecular weight is 280 g/mol. The van der Waals surface area contributed by atoms with Gasteiger partial charge in [0.2, 0.25) is 5.89 Å². The molecule has 0 saturated heterocycles. The smallest absolute Gasteiger partial charge is 0.208 e. The lowest BCUT2D eigenvalue weighted by molar-refractivity contribution is 0.0637. The molecule has 4 heteroatoms. The van der Waals surface area contributed by atoms with Gasteiger partial charge in [0.25, 0.3) is 0 Å². The molecule has 1 fully saturated rings. The standard InChI is InChI=1S/C16H28N2O2/c1-4-13-9-17-14(20-13)10-18-15(12(2)3)16(11-19)7-5-6-8-16/h9,12,15,18-19H,4-8,10-11H2,1-3H3. The minimum atomic E-state index is 0.0361. The summed E-state index contributed by atoms with van der Waals surface area (Å²) in [6.07, 6.45) is 7.37. The van der Waals surface area contributed by atoms with E-state index in [1.54, 1.807) is 6.20 Å². The third kappa shape index (κ3) is 3.23. The maximum atomic E-state index is 9.90. The van der Waals surface area contributed by atoms with Gasteiger partial charge in [-0.1, -0.05) is 33.6 Å². The van der Waals surface area contributed by atoms with Crippen molar-refractivity contribution in [2.45, 2.75) is 65.5 Å². The molecule has 1 aliphatic carbocycles. The first-order chi connectivity index (χ1) is 9.61. The number of nitrogens with zero attached hydrogens (tertiary/aromatic N) is 1. The SMILES string of the molecule is CCc1cnc(CNC(C(C)C)C2(CO)CCCC2)o1. The first kappa shape index (κ1) is 15.5. The second-order valence-corrected chi connectivity index (χ2v) is 6.40.